The molecule has 166 valence electrons. The predicted molar refractivity (Wildman–Crippen MR) is 103 cm³/mol. The number of anilines is 3. The number of benzene rings is 2. The second-order valence-electron chi connectivity index (χ2n) is 6.52. The van der Waals surface area contributed by atoms with Crippen LogP contribution in [0.2, 0.25) is 0 Å². The molecule has 2 aromatic rings. The molecule has 0 aromatic heterocycles. The highest BCUT2D eigenvalue weighted by Crippen LogP contribution is 2.36. The van der Waals surface area contributed by atoms with E-state index in [1.54, 1.807) is 19.0 Å². The monoisotopic (exact) mass is 438 g/mol. The highest BCUT2D eigenvalue weighted by atomic mass is 19.4. The minimum absolute atomic E-state index is 0.129. The Morgan fingerprint density at radius 2 is 1.20 bits per heavy atom. The van der Waals surface area contributed by atoms with Crippen LogP contribution >= 0.6 is 0 Å². The van der Waals surface area contributed by atoms with E-state index in [4.69, 9.17) is 5.73 Å². The van der Waals surface area contributed by atoms with E-state index in [2.05, 4.69) is 0 Å². The summed E-state index contributed by atoms with van der Waals surface area (Å²) in [6, 6.07) is 5.76. The number of hydrogen-bond donors (Lipinski definition) is 1. The highest BCUT2D eigenvalue weighted by molar-refractivity contribution is 5.68. The maximum Gasteiger partial charge on any atom is 0.416 e. The van der Waals surface area contributed by atoms with Crippen LogP contribution in [0.3, 0.4) is 0 Å². The molecule has 0 unspecified atom stereocenters. The minimum Gasteiger partial charge on any atom is -0.397 e. The molecule has 0 saturated carbocycles. The van der Waals surface area contributed by atoms with Crippen molar-refractivity contribution in [2.45, 2.75) is 12.4 Å². The zero-order valence-corrected chi connectivity index (χ0v) is 16.5. The third kappa shape index (κ3) is 6.42. The fourth-order valence-corrected chi connectivity index (χ4v) is 2.36. The molecule has 0 bridgehead atoms. The summed E-state index contributed by atoms with van der Waals surface area (Å²) in [5.74, 6) is 0. The fraction of sp³-hybridized carbons (Fsp3) is 0.333. The topological polar surface area (TPSA) is 75.6 Å². The Morgan fingerprint density at radius 3 is 1.53 bits per heavy atom. The SMILES string of the molecule is CN(C)c1ccc(C(F)(F)F)cc1N.CN(C)c1ccc(C(F)(F)F)cc1[N+](=O)[O-]. The van der Waals surface area contributed by atoms with E-state index < -0.39 is 34.1 Å². The molecule has 0 radical (unpaired) electrons. The zero-order chi connectivity index (χ0) is 23.4. The third-order valence-electron chi connectivity index (χ3n) is 3.82. The Bertz CT molecular complexity index is 895. The molecule has 0 aliphatic carbocycles. The first-order chi connectivity index (χ1) is 13.6. The number of nitro benzene ring substituents is 1. The first kappa shape index (κ1) is 24.9. The Labute approximate surface area is 168 Å². The van der Waals surface area contributed by atoms with Crippen molar-refractivity contribution in [3.05, 3.63) is 57.6 Å². The van der Waals surface area contributed by atoms with Gasteiger partial charge >= 0.3 is 12.4 Å². The van der Waals surface area contributed by atoms with Gasteiger partial charge in [-0.05, 0) is 30.3 Å². The van der Waals surface area contributed by atoms with E-state index in [0.717, 1.165) is 24.3 Å². The van der Waals surface area contributed by atoms with Crippen molar-refractivity contribution in [2.75, 3.05) is 43.7 Å². The lowest BCUT2D eigenvalue weighted by Crippen LogP contribution is -2.13. The Hall–Kier alpha value is -3.18. The maximum absolute atomic E-state index is 12.3. The van der Waals surface area contributed by atoms with Crippen LogP contribution in [0.15, 0.2) is 36.4 Å². The van der Waals surface area contributed by atoms with E-state index in [1.807, 2.05) is 0 Å². The molecule has 2 aromatic carbocycles. The van der Waals surface area contributed by atoms with Crippen molar-refractivity contribution in [1.82, 2.24) is 0 Å². The number of nitrogens with zero attached hydrogens (tertiary/aromatic N) is 3. The molecule has 0 fully saturated rings. The lowest BCUT2D eigenvalue weighted by atomic mass is 10.1. The smallest absolute Gasteiger partial charge is 0.397 e. The van der Waals surface area contributed by atoms with Gasteiger partial charge in [0.1, 0.15) is 5.69 Å². The number of nitro groups is 1. The Balaban J connectivity index is 0.000000303. The van der Waals surface area contributed by atoms with Crippen LogP contribution < -0.4 is 15.5 Å². The average Bonchev–Trinajstić information content (AvgIpc) is 2.59. The van der Waals surface area contributed by atoms with Crippen LogP contribution in [-0.4, -0.2) is 33.1 Å². The number of nitrogens with two attached hydrogens (primary N) is 1. The summed E-state index contributed by atoms with van der Waals surface area (Å²) in [5, 5.41) is 10.6. The molecule has 0 atom stereocenters. The van der Waals surface area contributed by atoms with Crippen LogP contribution in [0.5, 0.6) is 0 Å². The molecule has 6 nitrogen and oxygen atoms in total. The van der Waals surface area contributed by atoms with Gasteiger partial charge in [0.15, 0.2) is 0 Å². The van der Waals surface area contributed by atoms with Gasteiger partial charge in [-0.2, -0.15) is 26.3 Å². The zero-order valence-electron chi connectivity index (χ0n) is 16.5. The normalized spacial score (nSPS) is 11.4. The molecule has 0 spiro atoms. The summed E-state index contributed by atoms with van der Waals surface area (Å²) < 4.78 is 73.7. The van der Waals surface area contributed by atoms with Crippen LogP contribution in [0.4, 0.5) is 49.1 Å². The van der Waals surface area contributed by atoms with Crippen molar-refractivity contribution >= 4 is 22.7 Å². The van der Waals surface area contributed by atoms with Crippen LogP contribution in [-0.2, 0) is 12.4 Å². The fourth-order valence-electron chi connectivity index (χ4n) is 2.36. The third-order valence-corrected chi connectivity index (χ3v) is 3.82. The lowest BCUT2D eigenvalue weighted by Gasteiger charge is -2.16. The highest BCUT2D eigenvalue weighted by Gasteiger charge is 2.33. The largest absolute Gasteiger partial charge is 0.416 e. The molecule has 0 aliphatic rings. The van der Waals surface area contributed by atoms with E-state index in [-0.39, 0.29) is 11.4 Å². The quantitative estimate of drug-likeness (QED) is 0.315. The summed E-state index contributed by atoms with van der Waals surface area (Å²) in [6.45, 7) is 0. The molecule has 0 aliphatic heterocycles. The van der Waals surface area contributed by atoms with Crippen molar-refractivity contribution < 1.29 is 31.3 Å². The summed E-state index contributed by atoms with van der Waals surface area (Å²) in [6.07, 6.45) is -8.91. The van der Waals surface area contributed by atoms with Gasteiger partial charge < -0.3 is 15.5 Å². The van der Waals surface area contributed by atoms with Crippen molar-refractivity contribution in [2.24, 2.45) is 0 Å². The van der Waals surface area contributed by atoms with Gasteiger partial charge in [0.05, 0.1) is 27.4 Å². The molecule has 30 heavy (non-hydrogen) atoms. The average molecular weight is 438 g/mol. The predicted octanol–water partition coefficient (Wildman–Crippen LogP) is 5.03. The van der Waals surface area contributed by atoms with Gasteiger partial charge in [-0.3, -0.25) is 10.1 Å². The first-order valence-corrected chi connectivity index (χ1v) is 8.22. The second-order valence-corrected chi connectivity index (χ2v) is 6.52. The number of nitrogen functional groups attached to an aromatic ring is 1. The summed E-state index contributed by atoms with van der Waals surface area (Å²) in [5.41, 5.74) is 4.02. The van der Waals surface area contributed by atoms with Crippen molar-refractivity contribution in [3.63, 3.8) is 0 Å². The summed E-state index contributed by atoms with van der Waals surface area (Å²) in [7, 11) is 6.49. The molecule has 2 N–H and O–H groups in total. The molecule has 12 heteroatoms. The lowest BCUT2D eigenvalue weighted by molar-refractivity contribution is -0.384. The van der Waals surface area contributed by atoms with Crippen LogP contribution in [0.25, 0.3) is 0 Å². The van der Waals surface area contributed by atoms with Gasteiger partial charge in [-0.1, -0.05) is 0 Å². The number of rotatable bonds is 3. The second kappa shape index (κ2) is 9.09. The summed E-state index contributed by atoms with van der Waals surface area (Å²) >= 11 is 0. The number of alkyl halides is 6. The van der Waals surface area contributed by atoms with E-state index in [1.165, 1.54) is 25.1 Å². The van der Waals surface area contributed by atoms with E-state index >= 15 is 0 Å². The van der Waals surface area contributed by atoms with E-state index in [9.17, 15) is 36.5 Å². The van der Waals surface area contributed by atoms with Crippen molar-refractivity contribution in [1.29, 1.82) is 0 Å². The maximum atomic E-state index is 12.3. The standard InChI is InChI=1S/C9H9F3N2O2.C9H11F3N2/c1-13(2)7-4-3-6(9(10,11)12)5-8(7)14(15)16;1-14(2)8-4-3-6(5-7(8)13)9(10,11)12/h3-5H,1-2H3;3-5H,13H2,1-2H3. The van der Waals surface area contributed by atoms with Gasteiger partial charge in [0, 0.05) is 34.3 Å². The Morgan fingerprint density at radius 1 is 0.800 bits per heavy atom. The first-order valence-electron chi connectivity index (χ1n) is 8.22. The van der Waals surface area contributed by atoms with Gasteiger partial charge in [0.2, 0.25) is 0 Å². The van der Waals surface area contributed by atoms with Crippen LogP contribution in [0.1, 0.15) is 11.1 Å². The van der Waals surface area contributed by atoms with Gasteiger partial charge in [-0.25, -0.2) is 0 Å². The van der Waals surface area contributed by atoms with Gasteiger partial charge in [-0.15, -0.1) is 0 Å². The van der Waals surface area contributed by atoms with Gasteiger partial charge in [0.25, 0.3) is 5.69 Å². The molecule has 0 saturated heterocycles. The van der Waals surface area contributed by atoms with Crippen molar-refractivity contribution in [3.8, 4) is 0 Å². The minimum atomic E-state index is -4.57. The van der Waals surface area contributed by atoms with Crippen LogP contribution in [0, 0.1) is 10.1 Å². The molecular formula is C18H20F6N4O2. The molecule has 2 rings (SSSR count). The molecular weight excluding hydrogens is 418 g/mol. The number of halogens is 6. The number of hydrogen-bond acceptors (Lipinski definition) is 5. The summed E-state index contributed by atoms with van der Waals surface area (Å²) in [4.78, 5) is 12.8. The molecule has 0 heterocycles. The van der Waals surface area contributed by atoms with E-state index in [0.29, 0.717) is 11.8 Å². The Kier molecular flexibility index (Phi) is 7.54. The molecule has 0 amide bonds.